The molecular weight excluding hydrogens is 419 g/mol. The molecule has 0 saturated heterocycles. The Hall–Kier alpha value is -3.53. The number of aromatic amines is 1. The van der Waals surface area contributed by atoms with E-state index in [-0.39, 0.29) is 10.6 Å². The summed E-state index contributed by atoms with van der Waals surface area (Å²) in [5.41, 5.74) is 1.52. The van der Waals surface area contributed by atoms with Gasteiger partial charge in [0.15, 0.2) is 5.75 Å². The Morgan fingerprint density at radius 2 is 1.63 bits per heavy atom. The zero-order chi connectivity index (χ0) is 21.4. The van der Waals surface area contributed by atoms with E-state index < -0.39 is 22.1 Å². The summed E-state index contributed by atoms with van der Waals surface area (Å²) in [6.45, 7) is 0. The molecule has 0 aliphatic carbocycles. The molecule has 0 atom stereocenters. The highest BCUT2D eigenvalue weighted by molar-refractivity contribution is 7.92. The molecule has 10 heteroatoms. The van der Waals surface area contributed by atoms with Gasteiger partial charge in [-0.05, 0) is 30.3 Å². The molecule has 4 rings (SSSR count). The Morgan fingerprint density at radius 3 is 2.37 bits per heavy atom. The van der Waals surface area contributed by atoms with Gasteiger partial charge in [-0.3, -0.25) is 4.72 Å². The maximum absolute atomic E-state index is 12.8. The SMILES string of the molecule is O=S(=O)(Nc1ccccc1OC(F)(F)F)c1ccc2nc(-c3ccccc3)[nH]c2c1. The second kappa shape index (κ2) is 7.38. The molecule has 0 bridgehead atoms. The van der Waals surface area contributed by atoms with Crippen LogP contribution in [0, 0.1) is 0 Å². The van der Waals surface area contributed by atoms with Gasteiger partial charge in [-0.2, -0.15) is 0 Å². The van der Waals surface area contributed by atoms with Crippen LogP contribution in [0.5, 0.6) is 5.75 Å². The Kier molecular flexibility index (Phi) is 4.86. The summed E-state index contributed by atoms with van der Waals surface area (Å²) in [5.74, 6) is -0.0837. The van der Waals surface area contributed by atoms with Crippen LogP contribution in [0.15, 0.2) is 77.7 Å². The van der Waals surface area contributed by atoms with E-state index in [1.165, 1.54) is 36.4 Å². The molecule has 0 saturated carbocycles. The Morgan fingerprint density at radius 1 is 0.933 bits per heavy atom. The van der Waals surface area contributed by atoms with Crippen molar-refractivity contribution in [3.05, 3.63) is 72.8 Å². The quantitative estimate of drug-likeness (QED) is 0.468. The van der Waals surface area contributed by atoms with Crippen molar-refractivity contribution in [3.8, 4) is 17.1 Å². The summed E-state index contributed by atoms with van der Waals surface area (Å²) in [7, 11) is -4.18. The van der Waals surface area contributed by atoms with E-state index in [1.807, 2.05) is 30.3 Å². The number of sulfonamides is 1. The first kappa shape index (κ1) is 19.8. The zero-order valence-corrected chi connectivity index (χ0v) is 16.0. The predicted molar refractivity (Wildman–Crippen MR) is 105 cm³/mol. The van der Waals surface area contributed by atoms with E-state index in [2.05, 4.69) is 19.4 Å². The van der Waals surface area contributed by atoms with Crippen LogP contribution in [0.4, 0.5) is 18.9 Å². The van der Waals surface area contributed by atoms with Crippen LogP contribution < -0.4 is 9.46 Å². The molecule has 1 heterocycles. The minimum Gasteiger partial charge on any atom is -0.404 e. The van der Waals surface area contributed by atoms with Crippen molar-refractivity contribution in [2.24, 2.45) is 0 Å². The molecule has 0 spiro atoms. The monoisotopic (exact) mass is 433 g/mol. The van der Waals surface area contributed by atoms with Crippen LogP contribution in [-0.4, -0.2) is 24.7 Å². The molecule has 0 radical (unpaired) electrons. The van der Waals surface area contributed by atoms with Crippen molar-refractivity contribution in [1.82, 2.24) is 9.97 Å². The summed E-state index contributed by atoms with van der Waals surface area (Å²) < 4.78 is 69.3. The third-order valence-electron chi connectivity index (χ3n) is 4.17. The van der Waals surface area contributed by atoms with Crippen molar-refractivity contribution < 1.29 is 26.3 Å². The number of rotatable bonds is 5. The van der Waals surface area contributed by atoms with Gasteiger partial charge in [0, 0.05) is 5.56 Å². The number of H-pyrrole nitrogens is 1. The molecule has 0 fully saturated rings. The molecule has 6 nitrogen and oxygen atoms in total. The van der Waals surface area contributed by atoms with Crippen molar-refractivity contribution in [3.63, 3.8) is 0 Å². The minimum absolute atomic E-state index is 0.139. The first-order chi connectivity index (χ1) is 14.2. The highest BCUT2D eigenvalue weighted by Gasteiger charge is 2.32. The first-order valence-electron chi connectivity index (χ1n) is 8.64. The molecule has 2 N–H and O–H groups in total. The van der Waals surface area contributed by atoms with E-state index in [0.29, 0.717) is 16.9 Å². The number of nitrogens with zero attached hydrogens (tertiary/aromatic N) is 1. The summed E-state index contributed by atoms with van der Waals surface area (Å²) in [6, 6.07) is 18.4. The Bertz CT molecular complexity index is 1300. The normalized spacial score (nSPS) is 12.1. The zero-order valence-electron chi connectivity index (χ0n) is 15.1. The van der Waals surface area contributed by atoms with Crippen LogP contribution in [-0.2, 0) is 10.0 Å². The minimum atomic E-state index is -4.95. The Balaban J connectivity index is 1.67. The second-order valence-electron chi connectivity index (χ2n) is 6.28. The standard InChI is InChI=1S/C20H14F3N3O3S/c21-20(22,23)29-18-9-5-4-8-16(18)26-30(27,28)14-10-11-15-17(12-14)25-19(24-15)13-6-2-1-3-7-13/h1-12,26H,(H,24,25). The second-order valence-corrected chi connectivity index (χ2v) is 7.96. The number of fused-ring (bicyclic) bond motifs is 1. The molecule has 3 aromatic carbocycles. The Labute approximate surface area is 169 Å². The van der Waals surface area contributed by atoms with E-state index in [9.17, 15) is 21.6 Å². The highest BCUT2D eigenvalue weighted by Crippen LogP contribution is 2.32. The first-order valence-corrected chi connectivity index (χ1v) is 10.1. The number of para-hydroxylation sites is 2. The van der Waals surface area contributed by atoms with Gasteiger partial charge in [-0.15, -0.1) is 13.2 Å². The average Bonchev–Trinajstić information content (AvgIpc) is 3.12. The maximum Gasteiger partial charge on any atom is 0.573 e. The topological polar surface area (TPSA) is 84.1 Å². The van der Waals surface area contributed by atoms with Crippen molar-refractivity contribution in [2.45, 2.75) is 11.3 Å². The van der Waals surface area contributed by atoms with Gasteiger partial charge in [-0.1, -0.05) is 42.5 Å². The molecular formula is C20H14F3N3O3S. The van der Waals surface area contributed by atoms with Gasteiger partial charge < -0.3 is 9.72 Å². The molecule has 0 amide bonds. The average molecular weight is 433 g/mol. The predicted octanol–water partition coefficient (Wildman–Crippen LogP) is 4.93. The lowest BCUT2D eigenvalue weighted by Gasteiger charge is -2.14. The molecule has 0 aliphatic heterocycles. The van der Waals surface area contributed by atoms with Crippen LogP contribution in [0.1, 0.15) is 0 Å². The molecule has 0 aliphatic rings. The van der Waals surface area contributed by atoms with Crippen LogP contribution >= 0.6 is 0 Å². The molecule has 30 heavy (non-hydrogen) atoms. The van der Waals surface area contributed by atoms with Gasteiger partial charge in [-0.25, -0.2) is 13.4 Å². The third kappa shape index (κ3) is 4.23. The smallest absolute Gasteiger partial charge is 0.404 e. The van der Waals surface area contributed by atoms with Gasteiger partial charge in [0.05, 0.1) is 21.6 Å². The summed E-state index contributed by atoms with van der Waals surface area (Å²) >= 11 is 0. The van der Waals surface area contributed by atoms with E-state index >= 15 is 0 Å². The van der Waals surface area contributed by atoms with E-state index in [0.717, 1.165) is 11.6 Å². The summed E-state index contributed by atoms with van der Waals surface area (Å²) in [5, 5.41) is 0. The largest absolute Gasteiger partial charge is 0.573 e. The van der Waals surface area contributed by atoms with Crippen molar-refractivity contribution >= 4 is 26.7 Å². The fourth-order valence-corrected chi connectivity index (χ4v) is 3.95. The lowest BCUT2D eigenvalue weighted by Crippen LogP contribution is -2.19. The number of alkyl halides is 3. The lowest BCUT2D eigenvalue weighted by molar-refractivity contribution is -0.274. The number of hydrogen-bond donors (Lipinski definition) is 2. The number of hydrogen-bond acceptors (Lipinski definition) is 4. The fraction of sp³-hybridized carbons (Fsp3) is 0.0500. The lowest BCUT2D eigenvalue weighted by atomic mass is 10.2. The van der Waals surface area contributed by atoms with Gasteiger partial charge >= 0.3 is 6.36 Å². The third-order valence-corrected chi connectivity index (χ3v) is 5.53. The molecule has 154 valence electrons. The maximum atomic E-state index is 12.8. The summed E-state index contributed by atoms with van der Waals surface area (Å²) in [4.78, 5) is 7.34. The van der Waals surface area contributed by atoms with E-state index in [4.69, 9.17) is 0 Å². The van der Waals surface area contributed by atoms with Crippen molar-refractivity contribution in [1.29, 1.82) is 0 Å². The van der Waals surface area contributed by atoms with Gasteiger partial charge in [0.25, 0.3) is 10.0 Å². The van der Waals surface area contributed by atoms with Crippen LogP contribution in [0.25, 0.3) is 22.4 Å². The van der Waals surface area contributed by atoms with E-state index in [1.54, 1.807) is 0 Å². The van der Waals surface area contributed by atoms with Crippen LogP contribution in [0.2, 0.25) is 0 Å². The molecule has 4 aromatic rings. The summed E-state index contributed by atoms with van der Waals surface area (Å²) in [6.07, 6.45) is -4.95. The number of benzene rings is 3. The number of ether oxygens (including phenoxy) is 1. The number of aromatic nitrogens is 2. The molecule has 0 unspecified atom stereocenters. The van der Waals surface area contributed by atoms with Crippen LogP contribution in [0.3, 0.4) is 0 Å². The van der Waals surface area contributed by atoms with Crippen molar-refractivity contribution in [2.75, 3.05) is 4.72 Å². The van der Waals surface area contributed by atoms with Gasteiger partial charge in [0.2, 0.25) is 0 Å². The number of nitrogens with one attached hydrogen (secondary N) is 2. The fourth-order valence-electron chi connectivity index (χ4n) is 2.86. The molecule has 1 aromatic heterocycles. The highest BCUT2D eigenvalue weighted by atomic mass is 32.2. The number of halogens is 3. The number of anilines is 1. The van der Waals surface area contributed by atoms with Gasteiger partial charge in [0.1, 0.15) is 5.82 Å². The number of imidazole rings is 1.